The van der Waals surface area contributed by atoms with Crippen molar-refractivity contribution in [3.05, 3.63) is 22.0 Å². The summed E-state index contributed by atoms with van der Waals surface area (Å²) < 4.78 is 14.2. The molecule has 1 aliphatic rings. The average Bonchev–Trinajstić information content (AvgIpc) is 3.23. The second-order valence-corrected chi connectivity index (χ2v) is 10.1. The number of hydrogen-bond donors (Lipinski definition) is 2. The van der Waals surface area contributed by atoms with Gasteiger partial charge in [-0.2, -0.15) is 0 Å². The number of fused-ring (bicyclic) bond motifs is 2. The van der Waals surface area contributed by atoms with E-state index in [1.54, 1.807) is 11.8 Å². The Kier molecular flexibility index (Phi) is 5.76. The van der Waals surface area contributed by atoms with Crippen molar-refractivity contribution < 1.29 is 9.47 Å². The largest absolute Gasteiger partial charge is 0.454 e. The van der Waals surface area contributed by atoms with Gasteiger partial charge < -0.3 is 25.1 Å². The maximum Gasteiger partial charge on any atom is 0.231 e. The molecule has 0 fully saturated rings. The Balaban J connectivity index is 1.64. The van der Waals surface area contributed by atoms with E-state index in [0.717, 1.165) is 50.4 Å². The number of ether oxygens (including phenoxy) is 2. The first-order valence-electron chi connectivity index (χ1n) is 9.26. The lowest BCUT2D eigenvalue weighted by atomic mass is 9.97. The van der Waals surface area contributed by atoms with Crippen molar-refractivity contribution in [2.75, 3.05) is 25.6 Å². The van der Waals surface area contributed by atoms with Gasteiger partial charge in [0, 0.05) is 28.1 Å². The molecule has 3 N–H and O–H groups in total. The van der Waals surface area contributed by atoms with Gasteiger partial charge in [0.15, 0.2) is 33.6 Å². The molecule has 29 heavy (non-hydrogen) atoms. The molecular formula is C19H23IN6O2S. The summed E-state index contributed by atoms with van der Waals surface area (Å²) in [6.45, 7) is 9.35. The van der Waals surface area contributed by atoms with Crippen LogP contribution in [0.4, 0.5) is 5.82 Å². The molecule has 0 amide bonds. The van der Waals surface area contributed by atoms with Gasteiger partial charge in [-0.25, -0.2) is 15.0 Å². The van der Waals surface area contributed by atoms with Gasteiger partial charge in [-0.15, -0.1) is 0 Å². The molecule has 0 saturated carbocycles. The number of nitrogen functional groups attached to an aromatic ring is 1. The third-order valence-electron chi connectivity index (χ3n) is 4.32. The molecule has 2 aromatic heterocycles. The van der Waals surface area contributed by atoms with Crippen LogP contribution in [0.25, 0.3) is 11.2 Å². The van der Waals surface area contributed by atoms with E-state index in [9.17, 15) is 0 Å². The highest BCUT2D eigenvalue weighted by Crippen LogP contribution is 2.41. The number of nitrogens with zero attached hydrogens (tertiary/aromatic N) is 4. The van der Waals surface area contributed by atoms with E-state index < -0.39 is 0 Å². The van der Waals surface area contributed by atoms with Crippen LogP contribution in [0.1, 0.15) is 20.8 Å². The monoisotopic (exact) mass is 530 g/mol. The quantitative estimate of drug-likeness (QED) is 0.369. The maximum atomic E-state index is 6.06. The van der Waals surface area contributed by atoms with E-state index in [-0.39, 0.29) is 12.2 Å². The van der Waals surface area contributed by atoms with E-state index in [0.29, 0.717) is 11.3 Å². The molecule has 0 spiro atoms. The highest BCUT2D eigenvalue weighted by molar-refractivity contribution is 14.1. The molecular weight excluding hydrogens is 507 g/mol. The molecule has 0 saturated heterocycles. The Morgan fingerprint density at radius 3 is 2.76 bits per heavy atom. The maximum absolute atomic E-state index is 6.06. The van der Waals surface area contributed by atoms with Crippen LogP contribution in [0.3, 0.4) is 0 Å². The SMILES string of the molecule is CC(C)(C)CNCCn1c(Sc2cc3c(cc2[131I])OCO3)nc2c(N)ncnc21. The Bertz CT molecular complexity index is 1050. The Morgan fingerprint density at radius 2 is 2.00 bits per heavy atom. The fraction of sp³-hybridized carbons (Fsp3) is 0.421. The molecule has 0 aliphatic carbocycles. The van der Waals surface area contributed by atoms with Crippen LogP contribution in [0.5, 0.6) is 11.5 Å². The normalized spacial score (nSPS) is 13.4. The summed E-state index contributed by atoms with van der Waals surface area (Å²) in [5.74, 6) is 1.91. The second-order valence-electron chi connectivity index (χ2n) is 7.95. The van der Waals surface area contributed by atoms with E-state index in [1.807, 2.05) is 12.1 Å². The fourth-order valence-corrected chi connectivity index (χ4v) is 4.66. The Morgan fingerprint density at radius 1 is 1.24 bits per heavy atom. The van der Waals surface area contributed by atoms with E-state index >= 15 is 0 Å². The van der Waals surface area contributed by atoms with Crippen molar-refractivity contribution in [3.8, 4) is 11.5 Å². The summed E-state index contributed by atoms with van der Waals surface area (Å²) >= 11 is 3.86. The number of halogens is 1. The van der Waals surface area contributed by atoms with Crippen LogP contribution < -0.4 is 20.5 Å². The van der Waals surface area contributed by atoms with Gasteiger partial charge in [0.05, 0.1) is 0 Å². The molecule has 0 bridgehead atoms. The number of aromatic nitrogens is 4. The third kappa shape index (κ3) is 4.53. The third-order valence-corrected chi connectivity index (χ3v) is 6.63. The molecule has 10 heteroatoms. The van der Waals surface area contributed by atoms with Crippen molar-refractivity contribution >= 4 is 51.3 Å². The van der Waals surface area contributed by atoms with Gasteiger partial charge in [-0.05, 0) is 40.1 Å². The van der Waals surface area contributed by atoms with Crippen LogP contribution in [-0.2, 0) is 6.54 Å². The molecule has 4 rings (SSSR count). The van der Waals surface area contributed by atoms with Crippen LogP contribution >= 0.6 is 34.4 Å². The standard InChI is InChI=1S/C19H23IN6O2S/c1-19(2,3)8-22-4-5-26-17-15(16(21)23-9-24-17)25-18(26)29-14-7-13-12(6-11(14)20)27-10-28-13/h6-7,9,22H,4-5,8,10H2,1-3H3,(H2,21,23,24)/i20+4. The summed E-state index contributed by atoms with van der Waals surface area (Å²) in [5.41, 5.74) is 7.65. The smallest absolute Gasteiger partial charge is 0.231 e. The van der Waals surface area contributed by atoms with Crippen LogP contribution in [0.15, 0.2) is 28.5 Å². The van der Waals surface area contributed by atoms with Crippen molar-refractivity contribution in [1.82, 2.24) is 24.8 Å². The van der Waals surface area contributed by atoms with Crippen LogP contribution in [0.2, 0.25) is 0 Å². The molecule has 0 unspecified atom stereocenters. The Hall–Kier alpha value is -1.79. The second kappa shape index (κ2) is 8.15. The summed E-state index contributed by atoms with van der Waals surface area (Å²) in [6, 6.07) is 3.97. The summed E-state index contributed by atoms with van der Waals surface area (Å²) in [7, 11) is 0. The highest BCUT2D eigenvalue weighted by atomic mass is 131. The van der Waals surface area contributed by atoms with Crippen molar-refractivity contribution in [3.63, 3.8) is 0 Å². The molecule has 3 heterocycles. The number of hydrogen-bond acceptors (Lipinski definition) is 8. The van der Waals surface area contributed by atoms with E-state index in [1.165, 1.54) is 6.33 Å². The lowest BCUT2D eigenvalue weighted by Crippen LogP contribution is -2.29. The highest BCUT2D eigenvalue weighted by Gasteiger charge is 2.21. The van der Waals surface area contributed by atoms with Gasteiger partial charge in [0.2, 0.25) is 6.79 Å². The van der Waals surface area contributed by atoms with Crippen molar-refractivity contribution in [1.29, 1.82) is 0 Å². The molecule has 3 aromatic rings. The first-order chi connectivity index (χ1) is 13.8. The van der Waals surface area contributed by atoms with Gasteiger partial charge >= 0.3 is 0 Å². The molecule has 1 aliphatic heterocycles. The number of nitrogens with one attached hydrogen (secondary N) is 1. The average molecular weight is 530 g/mol. The van der Waals surface area contributed by atoms with Gasteiger partial charge in [-0.1, -0.05) is 32.5 Å². The van der Waals surface area contributed by atoms with Crippen molar-refractivity contribution in [2.45, 2.75) is 37.4 Å². The molecule has 0 radical (unpaired) electrons. The summed E-state index contributed by atoms with van der Waals surface area (Å²) in [4.78, 5) is 14.3. The number of benzene rings is 1. The first kappa shape index (κ1) is 20.5. The number of nitrogens with two attached hydrogens (primary N) is 1. The topological polar surface area (TPSA) is 100 Å². The minimum absolute atomic E-state index is 0.226. The van der Waals surface area contributed by atoms with Gasteiger partial charge in [0.1, 0.15) is 6.33 Å². The molecule has 8 nitrogen and oxygen atoms in total. The van der Waals surface area contributed by atoms with E-state index in [2.05, 4.69) is 63.2 Å². The summed E-state index contributed by atoms with van der Waals surface area (Å²) in [5, 5.41) is 4.33. The lowest BCUT2D eigenvalue weighted by Gasteiger charge is -2.19. The van der Waals surface area contributed by atoms with Gasteiger partial charge in [0.25, 0.3) is 0 Å². The fourth-order valence-electron chi connectivity index (χ4n) is 2.94. The number of rotatable bonds is 6. The number of imidazole rings is 1. The molecule has 154 valence electrons. The minimum Gasteiger partial charge on any atom is -0.454 e. The zero-order chi connectivity index (χ0) is 20.6. The predicted octanol–water partition coefficient (Wildman–Crippen LogP) is 3.53. The van der Waals surface area contributed by atoms with Crippen LogP contribution in [-0.4, -0.2) is 39.4 Å². The zero-order valence-corrected chi connectivity index (χ0v) is 19.5. The number of anilines is 1. The van der Waals surface area contributed by atoms with Crippen molar-refractivity contribution in [2.24, 2.45) is 5.41 Å². The molecule has 1 aromatic carbocycles. The van der Waals surface area contributed by atoms with E-state index in [4.69, 9.17) is 20.2 Å². The van der Waals surface area contributed by atoms with Crippen LogP contribution in [0, 0.1) is 8.99 Å². The van der Waals surface area contributed by atoms with Gasteiger partial charge in [-0.3, -0.25) is 0 Å². The summed E-state index contributed by atoms with van der Waals surface area (Å²) in [6.07, 6.45) is 1.48. The zero-order valence-electron chi connectivity index (χ0n) is 16.5. The predicted molar refractivity (Wildman–Crippen MR) is 121 cm³/mol. The first-order valence-corrected chi connectivity index (χ1v) is 11.2. The Labute approximate surface area is 187 Å². The molecule has 0 atom stereocenters. The minimum atomic E-state index is 0.226. The lowest BCUT2D eigenvalue weighted by molar-refractivity contribution is 0.174.